The van der Waals surface area contributed by atoms with Crippen LogP contribution in [0.2, 0.25) is 0 Å². The third kappa shape index (κ3) is 6.48. The molecular formula is C14H18F3NO3. The molecule has 0 amide bonds. The van der Waals surface area contributed by atoms with Gasteiger partial charge in [-0.1, -0.05) is 19.1 Å². The summed E-state index contributed by atoms with van der Waals surface area (Å²) in [6, 6.07) is 6.17. The van der Waals surface area contributed by atoms with E-state index in [0.717, 1.165) is 0 Å². The molecule has 0 aliphatic carbocycles. The Hall–Kier alpha value is -1.76. The Bertz CT molecular complexity index is 463. The zero-order chi connectivity index (χ0) is 15.9. The van der Waals surface area contributed by atoms with E-state index in [1.54, 1.807) is 19.1 Å². The van der Waals surface area contributed by atoms with Crippen molar-refractivity contribution in [1.29, 1.82) is 0 Å². The maximum atomic E-state index is 12.3. The molecule has 1 aromatic rings. The number of nitrogens with zero attached hydrogens (tertiary/aromatic N) is 1. The van der Waals surface area contributed by atoms with Crippen molar-refractivity contribution in [2.45, 2.75) is 19.5 Å². The molecule has 21 heavy (non-hydrogen) atoms. The molecule has 118 valence electrons. The second-order valence-corrected chi connectivity index (χ2v) is 4.49. The van der Waals surface area contributed by atoms with Crippen LogP contribution in [0.4, 0.5) is 13.2 Å². The minimum Gasteiger partial charge on any atom is -0.493 e. The highest BCUT2D eigenvalue weighted by Crippen LogP contribution is 2.18. The summed E-state index contributed by atoms with van der Waals surface area (Å²) in [7, 11) is 0. The van der Waals surface area contributed by atoms with Crippen LogP contribution in [0.25, 0.3) is 0 Å². The van der Waals surface area contributed by atoms with Gasteiger partial charge in [0.25, 0.3) is 0 Å². The molecule has 0 saturated carbocycles. The highest BCUT2D eigenvalue weighted by Gasteiger charge is 2.29. The van der Waals surface area contributed by atoms with Crippen LogP contribution in [-0.2, 0) is 0 Å². The van der Waals surface area contributed by atoms with Crippen molar-refractivity contribution in [3.8, 4) is 5.75 Å². The Kier molecular flexibility index (Phi) is 6.48. The topological polar surface area (TPSA) is 49.8 Å². The van der Waals surface area contributed by atoms with E-state index in [1.807, 2.05) is 0 Å². The lowest BCUT2D eigenvalue weighted by Crippen LogP contribution is -2.35. The summed E-state index contributed by atoms with van der Waals surface area (Å²) in [4.78, 5) is 12.2. The van der Waals surface area contributed by atoms with E-state index in [0.29, 0.717) is 13.0 Å². The van der Waals surface area contributed by atoms with Gasteiger partial charge < -0.3 is 9.84 Å². The van der Waals surface area contributed by atoms with Gasteiger partial charge in [0.15, 0.2) is 0 Å². The van der Waals surface area contributed by atoms with Gasteiger partial charge in [0.1, 0.15) is 11.3 Å². The number of benzene rings is 1. The van der Waals surface area contributed by atoms with Gasteiger partial charge in [-0.05, 0) is 25.1 Å². The van der Waals surface area contributed by atoms with Crippen LogP contribution in [0.1, 0.15) is 23.7 Å². The summed E-state index contributed by atoms with van der Waals surface area (Å²) in [5.41, 5.74) is 0.0418. The average molecular weight is 305 g/mol. The molecule has 0 heterocycles. The Morgan fingerprint density at radius 3 is 2.57 bits per heavy atom. The number of carboxylic acids is 1. The average Bonchev–Trinajstić information content (AvgIpc) is 2.41. The zero-order valence-electron chi connectivity index (χ0n) is 11.7. The number of halogens is 3. The van der Waals surface area contributed by atoms with Crippen molar-refractivity contribution < 1.29 is 27.8 Å². The van der Waals surface area contributed by atoms with E-state index in [4.69, 9.17) is 9.84 Å². The Balaban J connectivity index is 2.42. The van der Waals surface area contributed by atoms with Crippen molar-refractivity contribution in [1.82, 2.24) is 4.90 Å². The van der Waals surface area contributed by atoms with Crippen molar-refractivity contribution in [2.75, 3.05) is 26.2 Å². The van der Waals surface area contributed by atoms with Gasteiger partial charge in [0, 0.05) is 6.54 Å². The second kappa shape index (κ2) is 7.87. The van der Waals surface area contributed by atoms with Gasteiger partial charge in [0.05, 0.1) is 13.2 Å². The van der Waals surface area contributed by atoms with Crippen molar-refractivity contribution >= 4 is 5.97 Å². The lowest BCUT2D eigenvalue weighted by molar-refractivity contribution is -0.145. The van der Waals surface area contributed by atoms with Gasteiger partial charge in [-0.2, -0.15) is 13.2 Å². The fourth-order valence-electron chi connectivity index (χ4n) is 1.84. The van der Waals surface area contributed by atoms with Crippen molar-refractivity contribution in [3.63, 3.8) is 0 Å². The maximum Gasteiger partial charge on any atom is 0.401 e. The molecule has 0 unspecified atom stereocenters. The molecule has 0 fully saturated rings. The molecule has 0 atom stereocenters. The van der Waals surface area contributed by atoms with Gasteiger partial charge >= 0.3 is 12.1 Å². The fourth-order valence-corrected chi connectivity index (χ4v) is 1.84. The third-order valence-electron chi connectivity index (χ3n) is 2.84. The zero-order valence-corrected chi connectivity index (χ0v) is 11.7. The molecule has 0 aliphatic rings. The Morgan fingerprint density at radius 2 is 2.00 bits per heavy atom. The molecular weight excluding hydrogens is 287 g/mol. The van der Waals surface area contributed by atoms with E-state index < -0.39 is 18.7 Å². The smallest absolute Gasteiger partial charge is 0.401 e. The number of carboxylic acid groups (broad SMARTS) is 1. The first-order valence-electron chi connectivity index (χ1n) is 6.57. The van der Waals surface area contributed by atoms with Gasteiger partial charge in [-0.15, -0.1) is 0 Å². The van der Waals surface area contributed by atoms with Gasteiger partial charge in [-0.25, -0.2) is 4.79 Å². The molecule has 0 spiro atoms. The van der Waals surface area contributed by atoms with Crippen LogP contribution < -0.4 is 4.74 Å². The summed E-state index contributed by atoms with van der Waals surface area (Å²) in [6.07, 6.45) is -3.83. The first kappa shape index (κ1) is 17.3. The number of hydrogen-bond acceptors (Lipinski definition) is 3. The van der Waals surface area contributed by atoms with Crippen LogP contribution in [0.15, 0.2) is 24.3 Å². The summed E-state index contributed by atoms with van der Waals surface area (Å²) in [5.74, 6) is -0.873. The van der Waals surface area contributed by atoms with Crippen LogP contribution in [0.3, 0.4) is 0 Å². The minimum absolute atomic E-state index is 0.0418. The first-order chi connectivity index (χ1) is 9.83. The second-order valence-electron chi connectivity index (χ2n) is 4.49. The number of carbonyl (C=O) groups is 1. The molecule has 0 radical (unpaired) electrons. The molecule has 1 aromatic carbocycles. The Labute approximate surface area is 121 Å². The standard InChI is InChI=1S/C14H18F3NO3/c1-2-18(10-14(15,16)17)8-5-9-21-12-7-4-3-6-11(12)13(19)20/h3-4,6-7H,2,5,8-10H2,1H3,(H,19,20). The predicted molar refractivity (Wildman–Crippen MR) is 71.7 cm³/mol. The summed E-state index contributed by atoms with van der Waals surface area (Å²) >= 11 is 0. The number of ether oxygens (including phenoxy) is 1. The molecule has 0 aromatic heterocycles. The van der Waals surface area contributed by atoms with E-state index in [9.17, 15) is 18.0 Å². The van der Waals surface area contributed by atoms with Crippen molar-refractivity contribution in [3.05, 3.63) is 29.8 Å². The van der Waals surface area contributed by atoms with Crippen LogP contribution >= 0.6 is 0 Å². The predicted octanol–water partition coefficient (Wildman–Crippen LogP) is 3.04. The van der Waals surface area contributed by atoms with E-state index in [2.05, 4.69) is 0 Å². The SMILES string of the molecule is CCN(CCCOc1ccccc1C(=O)O)CC(F)(F)F. The fraction of sp³-hybridized carbons (Fsp3) is 0.500. The molecule has 0 aliphatic heterocycles. The Morgan fingerprint density at radius 1 is 1.33 bits per heavy atom. The normalized spacial score (nSPS) is 11.7. The summed E-state index contributed by atoms with van der Waals surface area (Å²) < 4.78 is 42.1. The summed E-state index contributed by atoms with van der Waals surface area (Å²) in [6.45, 7) is 1.41. The monoisotopic (exact) mass is 305 g/mol. The highest BCUT2D eigenvalue weighted by molar-refractivity contribution is 5.90. The minimum atomic E-state index is -4.22. The first-order valence-corrected chi connectivity index (χ1v) is 6.57. The quantitative estimate of drug-likeness (QED) is 0.750. The number of hydrogen-bond donors (Lipinski definition) is 1. The number of alkyl halides is 3. The van der Waals surface area contributed by atoms with Crippen LogP contribution in [0.5, 0.6) is 5.75 Å². The van der Waals surface area contributed by atoms with Crippen LogP contribution in [0, 0.1) is 0 Å². The molecule has 1 N–H and O–H groups in total. The number of aromatic carboxylic acids is 1. The largest absolute Gasteiger partial charge is 0.493 e. The molecule has 0 saturated heterocycles. The molecule has 1 rings (SSSR count). The van der Waals surface area contributed by atoms with Gasteiger partial charge in [-0.3, -0.25) is 4.90 Å². The van der Waals surface area contributed by atoms with E-state index in [-0.39, 0.29) is 24.5 Å². The molecule has 0 bridgehead atoms. The van der Waals surface area contributed by atoms with Gasteiger partial charge in [0.2, 0.25) is 0 Å². The van der Waals surface area contributed by atoms with E-state index in [1.165, 1.54) is 17.0 Å². The third-order valence-corrected chi connectivity index (χ3v) is 2.84. The van der Waals surface area contributed by atoms with E-state index >= 15 is 0 Å². The lowest BCUT2D eigenvalue weighted by atomic mass is 10.2. The van der Waals surface area contributed by atoms with Crippen LogP contribution in [-0.4, -0.2) is 48.4 Å². The number of rotatable bonds is 8. The molecule has 7 heteroatoms. The maximum absolute atomic E-state index is 12.3. The highest BCUT2D eigenvalue weighted by atomic mass is 19.4. The van der Waals surface area contributed by atoms with Crippen molar-refractivity contribution in [2.24, 2.45) is 0 Å². The molecule has 4 nitrogen and oxygen atoms in total. The lowest BCUT2D eigenvalue weighted by Gasteiger charge is -2.21. The number of para-hydroxylation sites is 1. The summed E-state index contributed by atoms with van der Waals surface area (Å²) in [5, 5.41) is 8.96.